The van der Waals surface area contributed by atoms with E-state index in [9.17, 15) is 4.21 Å². The van der Waals surface area contributed by atoms with Crippen molar-refractivity contribution in [2.75, 3.05) is 12.3 Å². The minimum atomic E-state index is -0.901. The molecule has 3 heteroatoms. The highest BCUT2D eigenvalue weighted by Gasteiger charge is 2.09. The SMILES string of the molecule is CCCNC(C)CS(=O)c1ccc(C(C)C)cc1. The molecule has 1 aromatic carbocycles. The maximum Gasteiger partial charge on any atom is 0.0545 e. The monoisotopic (exact) mass is 267 g/mol. The highest BCUT2D eigenvalue weighted by Crippen LogP contribution is 2.16. The van der Waals surface area contributed by atoms with Crippen LogP contribution in [0, 0.1) is 0 Å². The van der Waals surface area contributed by atoms with E-state index >= 15 is 0 Å². The molecule has 0 saturated heterocycles. The molecule has 0 radical (unpaired) electrons. The molecule has 1 N–H and O–H groups in total. The molecule has 2 nitrogen and oxygen atoms in total. The Morgan fingerprint density at radius 3 is 2.28 bits per heavy atom. The van der Waals surface area contributed by atoms with Crippen LogP contribution in [-0.4, -0.2) is 22.5 Å². The molecule has 0 fully saturated rings. The second-order valence-corrected chi connectivity index (χ2v) is 6.59. The molecule has 0 spiro atoms. The molecule has 2 atom stereocenters. The first-order chi connectivity index (χ1) is 8.54. The first-order valence-corrected chi connectivity index (χ1v) is 8.08. The van der Waals surface area contributed by atoms with Crippen molar-refractivity contribution in [3.8, 4) is 0 Å². The van der Waals surface area contributed by atoms with E-state index in [0.717, 1.165) is 17.9 Å². The van der Waals surface area contributed by atoms with Crippen molar-refractivity contribution in [3.05, 3.63) is 29.8 Å². The normalized spacial score (nSPS) is 14.7. The predicted molar refractivity (Wildman–Crippen MR) is 79.6 cm³/mol. The van der Waals surface area contributed by atoms with Gasteiger partial charge in [-0.05, 0) is 43.5 Å². The molecule has 0 aliphatic rings. The predicted octanol–water partition coefficient (Wildman–Crippen LogP) is 3.31. The van der Waals surface area contributed by atoms with E-state index in [1.807, 2.05) is 12.1 Å². The van der Waals surface area contributed by atoms with Crippen molar-refractivity contribution in [1.82, 2.24) is 5.32 Å². The van der Waals surface area contributed by atoms with E-state index in [1.54, 1.807) is 0 Å². The Kier molecular flexibility index (Phi) is 6.58. The van der Waals surface area contributed by atoms with Gasteiger partial charge in [0.15, 0.2) is 0 Å². The molecular formula is C15H25NOS. The van der Waals surface area contributed by atoms with Crippen molar-refractivity contribution in [3.63, 3.8) is 0 Å². The summed E-state index contributed by atoms with van der Waals surface area (Å²) in [6.07, 6.45) is 1.11. The van der Waals surface area contributed by atoms with Crippen LogP contribution in [0.5, 0.6) is 0 Å². The summed E-state index contributed by atoms with van der Waals surface area (Å²) >= 11 is 0. The summed E-state index contributed by atoms with van der Waals surface area (Å²) in [4.78, 5) is 0.935. The quantitative estimate of drug-likeness (QED) is 0.821. The zero-order chi connectivity index (χ0) is 13.5. The molecule has 2 unspecified atom stereocenters. The van der Waals surface area contributed by atoms with Crippen LogP contribution in [-0.2, 0) is 10.8 Å². The summed E-state index contributed by atoms with van der Waals surface area (Å²) in [6.45, 7) is 9.56. The van der Waals surface area contributed by atoms with Gasteiger partial charge < -0.3 is 5.32 Å². The van der Waals surface area contributed by atoms with Crippen LogP contribution in [0.15, 0.2) is 29.2 Å². The summed E-state index contributed by atoms with van der Waals surface area (Å²) in [5.41, 5.74) is 1.30. The van der Waals surface area contributed by atoms with E-state index < -0.39 is 10.8 Å². The van der Waals surface area contributed by atoms with E-state index in [0.29, 0.717) is 17.7 Å². The smallest absolute Gasteiger partial charge is 0.0545 e. The molecular weight excluding hydrogens is 242 g/mol. The Labute approximate surface area is 114 Å². The van der Waals surface area contributed by atoms with Crippen molar-refractivity contribution in [2.45, 2.75) is 51.0 Å². The van der Waals surface area contributed by atoms with Gasteiger partial charge in [0.25, 0.3) is 0 Å². The lowest BCUT2D eigenvalue weighted by Crippen LogP contribution is -2.31. The van der Waals surface area contributed by atoms with Gasteiger partial charge in [0, 0.05) is 16.7 Å². The van der Waals surface area contributed by atoms with Gasteiger partial charge in [-0.2, -0.15) is 0 Å². The second kappa shape index (κ2) is 7.70. The number of nitrogens with one attached hydrogen (secondary N) is 1. The summed E-state index contributed by atoms with van der Waals surface area (Å²) in [7, 11) is -0.901. The van der Waals surface area contributed by atoms with Crippen LogP contribution in [0.1, 0.15) is 45.6 Å². The van der Waals surface area contributed by atoms with Gasteiger partial charge in [-0.1, -0.05) is 32.9 Å². The van der Waals surface area contributed by atoms with E-state index in [1.165, 1.54) is 5.56 Å². The van der Waals surface area contributed by atoms with E-state index in [2.05, 4.69) is 45.1 Å². The van der Waals surface area contributed by atoms with Gasteiger partial charge in [-0.25, -0.2) is 0 Å². The summed E-state index contributed by atoms with van der Waals surface area (Å²) in [5.74, 6) is 1.21. The Balaban J connectivity index is 2.56. The van der Waals surface area contributed by atoms with Gasteiger partial charge in [0.05, 0.1) is 10.8 Å². The third kappa shape index (κ3) is 4.91. The topological polar surface area (TPSA) is 29.1 Å². The van der Waals surface area contributed by atoms with Crippen molar-refractivity contribution in [1.29, 1.82) is 0 Å². The van der Waals surface area contributed by atoms with E-state index in [4.69, 9.17) is 0 Å². The zero-order valence-electron chi connectivity index (χ0n) is 11.9. The third-order valence-electron chi connectivity index (χ3n) is 2.95. The number of hydrogen-bond acceptors (Lipinski definition) is 2. The lowest BCUT2D eigenvalue weighted by molar-refractivity contribution is 0.582. The minimum Gasteiger partial charge on any atom is -0.313 e. The maximum absolute atomic E-state index is 12.2. The van der Waals surface area contributed by atoms with Crippen LogP contribution in [0.3, 0.4) is 0 Å². The lowest BCUT2D eigenvalue weighted by Gasteiger charge is -2.13. The van der Waals surface area contributed by atoms with Gasteiger partial charge in [0.2, 0.25) is 0 Å². The molecule has 0 aliphatic heterocycles. The number of benzene rings is 1. The largest absolute Gasteiger partial charge is 0.313 e. The molecule has 0 amide bonds. The number of hydrogen-bond donors (Lipinski definition) is 1. The molecule has 18 heavy (non-hydrogen) atoms. The Bertz CT molecular complexity index is 373. The fourth-order valence-electron chi connectivity index (χ4n) is 1.78. The van der Waals surface area contributed by atoms with Crippen LogP contribution >= 0.6 is 0 Å². The molecule has 1 aromatic rings. The highest BCUT2D eigenvalue weighted by molar-refractivity contribution is 7.85. The molecule has 0 aromatic heterocycles. The third-order valence-corrected chi connectivity index (χ3v) is 4.55. The van der Waals surface area contributed by atoms with Crippen LogP contribution < -0.4 is 5.32 Å². The van der Waals surface area contributed by atoms with Gasteiger partial charge in [-0.3, -0.25) is 4.21 Å². The Hall–Kier alpha value is -0.670. The first-order valence-electron chi connectivity index (χ1n) is 6.76. The fraction of sp³-hybridized carbons (Fsp3) is 0.600. The average molecular weight is 267 g/mol. The van der Waals surface area contributed by atoms with Crippen LogP contribution in [0.25, 0.3) is 0 Å². The van der Waals surface area contributed by atoms with E-state index in [-0.39, 0.29) is 0 Å². The number of rotatable bonds is 7. The van der Waals surface area contributed by atoms with Gasteiger partial charge >= 0.3 is 0 Å². The lowest BCUT2D eigenvalue weighted by atomic mass is 10.0. The standard InChI is InChI=1S/C15H25NOS/c1-5-10-16-13(4)11-18(17)15-8-6-14(7-9-15)12(2)3/h6-9,12-13,16H,5,10-11H2,1-4H3. The molecule has 0 heterocycles. The molecule has 102 valence electrons. The Morgan fingerprint density at radius 2 is 1.78 bits per heavy atom. The zero-order valence-corrected chi connectivity index (χ0v) is 12.7. The molecule has 1 rings (SSSR count). The van der Waals surface area contributed by atoms with Crippen LogP contribution in [0.2, 0.25) is 0 Å². The minimum absolute atomic E-state index is 0.301. The molecule has 0 saturated carbocycles. The summed E-state index contributed by atoms with van der Waals surface area (Å²) < 4.78 is 12.2. The van der Waals surface area contributed by atoms with Crippen molar-refractivity contribution >= 4 is 10.8 Å². The molecule has 0 bridgehead atoms. The summed E-state index contributed by atoms with van der Waals surface area (Å²) in [6, 6.07) is 8.47. The average Bonchev–Trinajstić information content (AvgIpc) is 2.36. The first kappa shape index (κ1) is 15.4. The fourth-order valence-corrected chi connectivity index (χ4v) is 2.98. The highest BCUT2D eigenvalue weighted by atomic mass is 32.2. The molecule has 0 aliphatic carbocycles. The second-order valence-electron chi connectivity index (χ2n) is 5.09. The van der Waals surface area contributed by atoms with Gasteiger partial charge in [-0.15, -0.1) is 0 Å². The van der Waals surface area contributed by atoms with Crippen molar-refractivity contribution < 1.29 is 4.21 Å². The van der Waals surface area contributed by atoms with Crippen molar-refractivity contribution in [2.24, 2.45) is 0 Å². The Morgan fingerprint density at radius 1 is 1.17 bits per heavy atom. The summed E-state index contributed by atoms with van der Waals surface area (Å²) in [5, 5.41) is 3.37. The maximum atomic E-state index is 12.2. The van der Waals surface area contributed by atoms with Gasteiger partial charge in [0.1, 0.15) is 0 Å². The van der Waals surface area contributed by atoms with Crippen LogP contribution in [0.4, 0.5) is 0 Å².